The molecule has 0 aliphatic heterocycles. The molecule has 1 rings (SSSR count). The van der Waals surface area contributed by atoms with Crippen LogP contribution in [-0.2, 0) is 0 Å². The van der Waals surface area contributed by atoms with Gasteiger partial charge in [0.2, 0.25) is 0 Å². The maximum atomic E-state index is 11.9. The number of hydrogen-bond donors (Lipinski definition) is 0. The van der Waals surface area contributed by atoms with Crippen molar-refractivity contribution < 1.29 is 24.7 Å². The van der Waals surface area contributed by atoms with Gasteiger partial charge in [0.1, 0.15) is 5.82 Å². The van der Waals surface area contributed by atoms with Crippen LogP contribution in [0.25, 0.3) is 0 Å². The van der Waals surface area contributed by atoms with E-state index in [1.165, 1.54) is 12.1 Å². The molecular formula is C6H6FLi. The van der Waals surface area contributed by atoms with Gasteiger partial charge in [-0.05, 0) is 12.1 Å². The van der Waals surface area contributed by atoms with Gasteiger partial charge in [-0.2, -0.15) is 0 Å². The molecule has 1 aromatic rings. The first-order valence-electron chi connectivity index (χ1n) is 2.10. The van der Waals surface area contributed by atoms with Gasteiger partial charge in [0.25, 0.3) is 0 Å². The van der Waals surface area contributed by atoms with Crippen molar-refractivity contribution in [1.29, 1.82) is 0 Å². The molecule has 0 nitrogen and oxygen atoms in total. The maximum absolute atomic E-state index is 11.9. The predicted octanol–water partition coefficient (Wildman–Crippen LogP) is -1.06. The fourth-order valence-electron chi connectivity index (χ4n) is 0.415. The van der Waals surface area contributed by atoms with Crippen molar-refractivity contribution in [2.45, 2.75) is 0 Å². The topological polar surface area (TPSA) is 0 Å². The molecule has 0 N–H and O–H groups in total. The Bertz CT molecular complexity index is 143. The van der Waals surface area contributed by atoms with E-state index in [0.717, 1.165) is 0 Å². The van der Waals surface area contributed by atoms with Gasteiger partial charge in [-0.15, -0.1) is 0 Å². The molecule has 0 amide bonds. The molecule has 0 spiro atoms. The van der Waals surface area contributed by atoms with Crippen molar-refractivity contribution in [2.24, 2.45) is 0 Å². The third kappa shape index (κ3) is 2.16. The molecule has 1 aromatic carbocycles. The molecule has 38 valence electrons. The monoisotopic (exact) mass is 104 g/mol. The van der Waals surface area contributed by atoms with Crippen molar-refractivity contribution in [2.75, 3.05) is 0 Å². The van der Waals surface area contributed by atoms with Crippen LogP contribution < -0.4 is 18.9 Å². The first kappa shape index (κ1) is 7.75. The third-order valence-electron chi connectivity index (χ3n) is 0.733. The second-order valence-corrected chi connectivity index (χ2v) is 1.30. The normalized spacial score (nSPS) is 7.62. The van der Waals surface area contributed by atoms with Crippen molar-refractivity contribution >= 4 is 0 Å². The standard InChI is InChI=1S/C6H5F.Li.H/c7-6-4-2-1-3-5-6;;/h1-5H;;/q;+1;-1. The van der Waals surface area contributed by atoms with E-state index in [0.29, 0.717) is 0 Å². The number of hydrogen-bond acceptors (Lipinski definition) is 0. The molecule has 0 bridgehead atoms. The van der Waals surface area contributed by atoms with Crippen LogP contribution in [0.4, 0.5) is 4.39 Å². The molecule has 0 unspecified atom stereocenters. The number of halogens is 1. The molecule has 0 saturated heterocycles. The molecule has 0 heterocycles. The maximum Gasteiger partial charge on any atom is 1.00 e. The predicted molar refractivity (Wildman–Crippen MR) is 27.5 cm³/mol. The SMILES string of the molecule is Fc1ccccc1.[H-].[Li+]. The molecule has 0 saturated carbocycles. The first-order valence-corrected chi connectivity index (χ1v) is 2.10. The minimum atomic E-state index is -0.178. The van der Waals surface area contributed by atoms with Crippen LogP contribution in [0.3, 0.4) is 0 Å². The Balaban J connectivity index is 0. The van der Waals surface area contributed by atoms with Gasteiger partial charge in [-0.3, -0.25) is 0 Å². The Morgan fingerprint density at radius 2 is 1.62 bits per heavy atom. The van der Waals surface area contributed by atoms with Crippen LogP contribution in [-0.4, -0.2) is 0 Å². The summed E-state index contributed by atoms with van der Waals surface area (Å²) in [7, 11) is 0. The van der Waals surface area contributed by atoms with E-state index in [4.69, 9.17) is 0 Å². The van der Waals surface area contributed by atoms with E-state index in [2.05, 4.69) is 0 Å². The van der Waals surface area contributed by atoms with Gasteiger partial charge >= 0.3 is 18.9 Å². The van der Waals surface area contributed by atoms with Gasteiger partial charge < -0.3 is 1.43 Å². The van der Waals surface area contributed by atoms with Crippen LogP contribution in [0.1, 0.15) is 1.43 Å². The summed E-state index contributed by atoms with van der Waals surface area (Å²) >= 11 is 0. The zero-order chi connectivity index (χ0) is 5.11. The third-order valence-corrected chi connectivity index (χ3v) is 0.733. The van der Waals surface area contributed by atoms with Crippen LogP contribution in [0.5, 0.6) is 0 Å². The molecule has 8 heavy (non-hydrogen) atoms. The summed E-state index contributed by atoms with van der Waals surface area (Å²) in [5, 5.41) is 0. The first-order chi connectivity index (χ1) is 3.39. The smallest absolute Gasteiger partial charge is 1.00 e. The second kappa shape index (κ2) is 3.71. The van der Waals surface area contributed by atoms with Crippen LogP contribution in [0.2, 0.25) is 0 Å². The van der Waals surface area contributed by atoms with Gasteiger partial charge in [0.05, 0.1) is 0 Å². The quantitative estimate of drug-likeness (QED) is 0.368. The molecule has 0 atom stereocenters. The van der Waals surface area contributed by atoms with E-state index < -0.39 is 0 Å². The van der Waals surface area contributed by atoms with Gasteiger partial charge in [0, 0.05) is 0 Å². The zero-order valence-electron chi connectivity index (χ0n) is 5.76. The van der Waals surface area contributed by atoms with Gasteiger partial charge in [-0.1, -0.05) is 18.2 Å². The van der Waals surface area contributed by atoms with Gasteiger partial charge in [0.15, 0.2) is 0 Å². The Labute approximate surface area is 61.4 Å². The van der Waals surface area contributed by atoms with Crippen molar-refractivity contribution in [3.8, 4) is 0 Å². The van der Waals surface area contributed by atoms with E-state index >= 15 is 0 Å². The Morgan fingerprint density at radius 3 is 1.88 bits per heavy atom. The van der Waals surface area contributed by atoms with Crippen LogP contribution in [0, 0.1) is 5.82 Å². The van der Waals surface area contributed by atoms with E-state index in [-0.39, 0.29) is 26.1 Å². The summed E-state index contributed by atoms with van der Waals surface area (Å²) in [4.78, 5) is 0. The molecular weight excluding hydrogens is 98.0 g/mol. The zero-order valence-corrected chi connectivity index (χ0v) is 4.76. The van der Waals surface area contributed by atoms with E-state index in [1.807, 2.05) is 0 Å². The summed E-state index contributed by atoms with van der Waals surface area (Å²) in [6.07, 6.45) is 0. The molecule has 2 heteroatoms. The summed E-state index contributed by atoms with van der Waals surface area (Å²) in [5.74, 6) is -0.178. The average Bonchev–Trinajstić information content (AvgIpc) is 1.69. The Morgan fingerprint density at radius 1 is 1.12 bits per heavy atom. The minimum Gasteiger partial charge on any atom is -1.00 e. The molecule has 0 radical (unpaired) electrons. The fraction of sp³-hybridized carbons (Fsp3) is 0. The molecule has 0 fully saturated rings. The molecule has 0 aliphatic carbocycles. The summed E-state index contributed by atoms with van der Waals surface area (Å²) in [6, 6.07) is 7.94. The average molecular weight is 104 g/mol. The summed E-state index contributed by atoms with van der Waals surface area (Å²) < 4.78 is 11.9. The summed E-state index contributed by atoms with van der Waals surface area (Å²) in [5.41, 5.74) is 0. The second-order valence-electron chi connectivity index (χ2n) is 1.30. The summed E-state index contributed by atoms with van der Waals surface area (Å²) in [6.45, 7) is 0. The number of rotatable bonds is 0. The van der Waals surface area contributed by atoms with Gasteiger partial charge in [-0.25, -0.2) is 4.39 Å². The van der Waals surface area contributed by atoms with Crippen molar-refractivity contribution in [1.82, 2.24) is 0 Å². The van der Waals surface area contributed by atoms with E-state index in [9.17, 15) is 4.39 Å². The Kier molecular flexibility index (Phi) is 3.60. The Hall–Kier alpha value is -0.253. The van der Waals surface area contributed by atoms with E-state index in [1.54, 1.807) is 18.2 Å². The number of benzene rings is 1. The van der Waals surface area contributed by atoms with Crippen molar-refractivity contribution in [3.05, 3.63) is 36.1 Å². The largest absolute Gasteiger partial charge is 1.00 e. The van der Waals surface area contributed by atoms with Crippen LogP contribution >= 0.6 is 0 Å². The molecule has 0 aromatic heterocycles. The minimum absolute atomic E-state index is 0. The fourth-order valence-corrected chi connectivity index (χ4v) is 0.415. The van der Waals surface area contributed by atoms with Crippen molar-refractivity contribution in [3.63, 3.8) is 0 Å². The van der Waals surface area contributed by atoms with Crippen LogP contribution in [0.15, 0.2) is 30.3 Å². The molecule has 0 aliphatic rings.